The van der Waals surface area contributed by atoms with Gasteiger partial charge >= 0.3 is 0 Å². The Morgan fingerprint density at radius 1 is 1.10 bits per heavy atom. The number of nitrogen functional groups attached to an aromatic ring is 1. The number of fused-ring (bicyclic) bond motifs is 1. The van der Waals surface area contributed by atoms with Crippen LogP contribution in [0.25, 0.3) is 27.8 Å². The molecule has 6 heteroatoms. The van der Waals surface area contributed by atoms with Gasteiger partial charge in [0.2, 0.25) is 0 Å². The van der Waals surface area contributed by atoms with Crippen molar-refractivity contribution in [2.45, 2.75) is 19.8 Å². The highest BCUT2D eigenvalue weighted by atomic mass is 35.5. The van der Waals surface area contributed by atoms with E-state index in [2.05, 4.69) is 11.9 Å². The number of hydrogen-bond donors (Lipinski definition) is 1. The van der Waals surface area contributed by atoms with Crippen molar-refractivity contribution < 1.29 is 0 Å². The number of nitrogens with zero attached hydrogens (tertiary/aromatic N) is 3. The fourth-order valence-corrected chi connectivity index (χ4v) is 3.78. The van der Waals surface area contributed by atoms with Gasteiger partial charge in [0.15, 0.2) is 0 Å². The van der Waals surface area contributed by atoms with Crippen molar-refractivity contribution in [2.75, 3.05) is 12.8 Å². The van der Waals surface area contributed by atoms with Crippen LogP contribution in [0.5, 0.6) is 0 Å². The Bertz CT molecular complexity index is 1340. The van der Waals surface area contributed by atoms with Crippen LogP contribution in [-0.2, 0) is 6.42 Å². The second-order valence-electron chi connectivity index (χ2n) is 7.37. The summed E-state index contributed by atoms with van der Waals surface area (Å²) in [6.07, 6.45) is 3.52. The maximum Gasteiger partial charge on any atom is 0.264 e. The number of aliphatic imine (C=N–C) groups is 1. The number of anilines is 1. The topological polar surface area (TPSA) is 73.3 Å². The summed E-state index contributed by atoms with van der Waals surface area (Å²) in [7, 11) is 1.69. The Morgan fingerprint density at radius 3 is 2.58 bits per heavy atom. The molecule has 0 aliphatic rings. The monoisotopic (exact) mass is 430 g/mol. The first-order valence-corrected chi connectivity index (χ1v) is 10.5. The molecule has 31 heavy (non-hydrogen) atoms. The number of rotatable bonds is 5. The van der Waals surface area contributed by atoms with Crippen molar-refractivity contribution >= 4 is 34.5 Å². The average molecular weight is 431 g/mol. The standard InChI is InChI=1S/C25H23ClN4O/c1-3-4-20-9-5-17-14-22(16-6-12-23(27)18(13-16)15-28-2)25(31)30(24(17)29-20)21-10-7-19(26)8-11-21/h5-15H,3-4,27H2,1-2H3. The zero-order valence-electron chi connectivity index (χ0n) is 17.5. The van der Waals surface area contributed by atoms with Crippen LogP contribution in [0.4, 0.5) is 5.69 Å². The van der Waals surface area contributed by atoms with E-state index in [9.17, 15) is 4.79 Å². The van der Waals surface area contributed by atoms with Crippen LogP contribution in [0.2, 0.25) is 5.02 Å². The minimum atomic E-state index is -0.153. The third kappa shape index (κ3) is 4.09. The zero-order valence-corrected chi connectivity index (χ0v) is 18.2. The molecule has 0 radical (unpaired) electrons. The number of benzene rings is 2. The van der Waals surface area contributed by atoms with Crippen LogP contribution in [0.15, 0.2) is 70.5 Å². The van der Waals surface area contributed by atoms with E-state index in [1.165, 1.54) is 0 Å². The number of halogens is 1. The third-order valence-corrected chi connectivity index (χ3v) is 5.42. The summed E-state index contributed by atoms with van der Waals surface area (Å²) in [5.74, 6) is 0. The Balaban J connectivity index is 2.03. The Morgan fingerprint density at radius 2 is 1.87 bits per heavy atom. The molecule has 4 aromatic rings. The highest BCUT2D eigenvalue weighted by Gasteiger charge is 2.15. The third-order valence-electron chi connectivity index (χ3n) is 5.17. The molecule has 0 bridgehead atoms. The molecular weight excluding hydrogens is 408 g/mol. The van der Waals surface area contributed by atoms with Gasteiger partial charge in [-0.05, 0) is 66.6 Å². The molecule has 0 saturated carbocycles. The Hall–Kier alpha value is -3.44. The van der Waals surface area contributed by atoms with E-state index in [4.69, 9.17) is 22.3 Å². The van der Waals surface area contributed by atoms with E-state index in [0.717, 1.165) is 35.0 Å². The number of hydrogen-bond acceptors (Lipinski definition) is 4. The quantitative estimate of drug-likeness (QED) is 0.345. The fraction of sp³-hybridized carbons (Fsp3) is 0.160. The summed E-state index contributed by atoms with van der Waals surface area (Å²) < 4.78 is 1.66. The normalized spacial score (nSPS) is 11.5. The van der Waals surface area contributed by atoms with Gasteiger partial charge in [-0.25, -0.2) is 4.98 Å². The second-order valence-corrected chi connectivity index (χ2v) is 7.81. The molecule has 0 unspecified atom stereocenters. The maximum absolute atomic E-state index is 13.7. The molecule has 5 nitrogen and oxygen atoms in total. The Labute approximate surface area is 185 Å². The lowest BCUT2D eigenvalue weighted by molar-refractivity contribution is 0.880. The Kier molecular flexibility index (Phi) is 5.87. The van der Waals surface area contributed by atoms with Crippen LogP contribution in [0.3, 0.4) is 0 Å². The number of aromatic nitrogens is 2. The van der Waals surface area contributed by atoms with E-state index >= 15 is 0 Å². The van der Waals surface area contributed by atoms with Crippen molar-refractivity contribution in [2.24, 2.45) is 4.99 Å². The second kappa shape index (κ2) is 8.74. The molecule has 0 saturated heterocycles. The lowest BCUT2D eigenvalue weighted by Crippen LogP contribution is -2.21. The minimum absolute atomic E-state index is 0.153. The summed E-state index contributed by atoms with van der Waals surface area (Å²) in [6, 6.07) is 18.7. The van der Waals surface area contributed by atoms with Gasteiger partial charge in [0, 0.05) is 46.2 Å². The molecule has 0 aliphatic heterocycles. The largest absolute Gasteiger partial charge is 0.398 e. The summed E-state index contributed by atoms with van der Waals surface area (Å²) in [5.41, 5.74) is 10.9. The van der Waals surface area contributed by atoms with E-state index in [1.54, 1.807) is 36.0 Å². The molecule has 0 spiro atoms. The number of nitrogens with two attached hydrogens (primary N) is 1. The predicted octanol–water partition coefficient (Wildman–Crippen LogP) is 5.29. The van der Waals surface area contributed by atoms with Crippen LogP contribution in [0, 0.1) is 0 Å². The van der Waals surface area contributed by atoms with Gasteiger partial charge < -0.3 is 5.73 Å². The molecule has 2 N–H and O–H groups in total. The molecule has 2 aromatic carbocycles. The first-order valence-electron chi connectivity index (χ1n) is 10.2. The van der Waals surface area contributed by atoms with Gasteiger partial charge in [-0.3, -0.25) is 14.4 Å². The fourth-order valence-electron chi connectivity index (χ4n) is 3.65. The molecule has 0 fully saturated rings. The van der Waals surface area contributed by atoms with Gasteiger partial charge in [-0.1, -0.05) is 31.0 Å². The van der Waals surface area contributed by atoms with Crippen molar-refractivity contribution in [3.8, 4) is 16.8 Å². The zero-order chi connectivity index (χ0) is 22.0. The van der Waals surface area contributed by atoms with Gasteiger partial charge in [-0.15, -0.1) is 0 Å². The smallest absolute Gasteiger partial charge is 0.264 e. The van der Waals surface area contributed by atoms with Crippen LogP contribution >= 0.6 is 11.6 Å². The van der Waals surface area contributed by atoms with Crippen molar-refractivity contribution in [1.82, 2.24) is 9.55 Å². The van der Waals surface area contributed by atoms with E-state index < -0.39 is 0 Å². The first kappa shape index (κ1) is 20.8. The van der Waals surface area contributed by atoms with Gasteiger partial charge in [0.25, 0.3) is 5.56 Å². The van der Waals surface area contributed by atoms with Crippen LogP contribution < -0.4 is 11.3 Å². The van der Waals surface area contributed by atoms with Crippen molar-refractivity contribution in [1.29, 1.82) is 0 Å². The van der Waals surface area contributed by atoms with E-state index in [-0.39, 0.29) is 5.56 Å². The SMILES string of the molecule is CCCc1ccc2cc(-c3ccc(N)c(C=NC)c3)c(=O)n(-c3ccc(Cl)cc3)c2n1. The van der Waals surface area contributed by atoms with Gasteiger partial charge in [0.05, 0.1) is 5.69 Å². The summed E-state index contributed by atoms with van der Waals surface area (Å²) in [5, 5.41) is 1.49. The molecule has 0 amide bonds. The highest BCUT2D eigenvalue weighted by Crippen LogP contribution is 2.26. The predicted molar refractivity (Wildman–Crippen MR) is 130 cm³/mol. The molecule has 0 aliphatic carbocycles. The maximum atomic E-state index is 13.7. The number of pyridine rings is 2. The van der Waals surface area contributed by atoms with Crippen molar-refractivity contribution in [3.05, 3.63) is 87.3 Å². The summed E-state index contributed by atoms with van der Waals surface area (Å²) in [4.78, 5) is 22.6. The molecule has 156 valence electrons. The molecule has 2 aromatic heterocycles. The van der Waals surface area contributed by atoms with Crippen LogP contribution in [0.1, 0.15) is 24.6 Å². The van der Waals surface area contributed by atoms with Gasteiger partial charge in [-0.2, -0.15) is 0 Å². The lowest BCUT2D eigenvalue weighted by atomic mass is 10.0. The molecule has 2 heterocycles. The highest BCUT2D eigenvalue weighted by molar-refractivity contribution is 6.30. The van der Waals surface area contributed by atoms with Crippen molar-refractivity contribution in [3.63, 3.8) is 0 Å². The molecular formula is C25H23ClN4O. The van der Waals surface area contributed by atoms with Crippen LogP contribution in [-0.4, -0.2) is 22.8 Å². The summed E-state index contributed by atoms with van der Waals surface area (Å²) in [6.45, 7) is 2.11. The molecule has 4 rings (SSSR count). The number of aryl methyl sites for hydroxylation is 1. The van der Waals surface area contributed by atoms with Gasteiger partial charge in [0.1, 0.15) is 5.65 Å². The van der Waals surface area contributed by atoms with E-state index in [1.807, 2.05) is 42.5 Å². The average Bonchev–Trinajstić information content (AvgIpc) is 2.76. The lowest BCUT2D eigenvalue weighted by Gasteiger charge is -2.14. The molecule has 0 atom stereocenters. The summed E-state index contributed by atoms with van der Waals surface area (Å²) >= 11 is 6.09. The minimum Gasteiger partial charge on any atom is -0.398 e. The first-order chi connectivity index (χ1) is 15.0. The van der Waals surface area contributed by atoms with E-state index in [0.29, 0.717) is 27.6 Å².